The summed E-state index contributed by atoms with van der Waals surface area (Å²) in [5, 5.41) is 20.4. The van der Waals surface area contributed by atoms with Crippen molar-refractivity contribution in [3.63, 3.8) is 0 Å². The molecule has 0 aromatic carbocycles. The van der Waals surface area contributed by atoms with Gasteiger partial charge in [-0.3, -0.25) is 0 Å². The van der Waals surface area contributed by atoms with Crippen molar-refractivity contribution in [3.05, 3.63) is 54.2 Å². The van der Waals surface area contributed by atoms with Crippen molar-refractivity contribution in [2.24, 2.45) is 0 Å². The molecule has 0 spiro atoms. The number of carboxylic acid groups (broad SMARTS) is 1. The molecule has 4 rings (SSSR count). The van der Waals surface area contributed by atoms with Gasteiger partial charge in [0.05, 0.1) is 6.61 Å². The number of anilines is 2. The number of pyridine rings is 1. The molecule has 1 aliphatic rings. The molecule has 0 saturated heterocycles. The minimum atomic E-state index is -0.918. The van der Waals surface area contributed by atoms with Gasteiger partial charge in [0.25, 0.3) is 0 Å². The van der Waals surface area contributed by atoms with E-state index in [4.69, 9.17) is 9.72 Å². The first kappa shape index (κ1) is 26.5. The van der Waals surface area contributed by atoms with Gasteiger partial charge in [0.2, 0.25) is 0 Å². The maximum atomic E-state index is 12.0. The lowest BCUT2D eigenvalue weighted by Gasteiger charge is -2.24. The predicted octanol–water partition coefficient (Wildman–Crippen LogP) is 2.64. The number of aromatic nitrogens is 5. The van der Waals surface area contributed by atoms with E-state index in [1.807, 2.05) is 0 Å². The minimum Gasteiger partial charge on any atom is -0.480 e. The smallest absolute Gasteiger partial charge is 0.326 e. The molecule has 198 valence electrons. The summed E-state index contributed by atoms with van der Waals surface area (Å²) in [6, 6.07) is 7.05. The van der Waals surface area contributed by atoms with Crippen LogP contribution in [-0.4, -0.2) is 86.6 Å². The fraction of sp³-hybridized carbons (Fsp3) is 0.500. The summed E-state index contributed by atoms with van der Waals surface area (Å²) in [6.45, 7) is 3.84. The fourth-order valence-corrected chi connectivity index (χ4v) is 4.41. The Balaban J connectivity index is 1.27. The Morgan fingerprint density at radius 1 is 1.27 bits per heavy atom. The largest absolute Gasteiger partial charge is 0.480 e. The van der Waals surface area contributed by atoms with Crippen LogP contribution >= 0.6 is 0 Å². The Morgan fingerprint density at radius 2 is 2.19 bits per heavy atom. The maximum absolute atomic E-state index is 12.0. The molecule has 11 nitrogen and oxygen atoms in total. The number of aliphatic carboxylic acids is 1. The maximum Gasteiger partial charge on any atom is 0.326 e. The first-order valence-corrected chi connectivity index (χ1v) is 12.9. The third-order valence-corrected chi connectivity index (χ3v) is 6.47. The molecular weight excluding hydrogens is 472 g/mol. The molecule has 0 saturated carbocycles. The Morgan fingerprint density at radius 3 is 3.00 bits per heavy atom. The number of nitrogens with zero attached hydrogens (tertiary/aromatic N) is 6. The fourth-order valence-electron chi connectivity index (χ4n) is 4.41. The third kappa shape index (κ3) is 7.96. The normalized spacial score (nSPS) is 13.7. The Labute approximate surface area is 217 Å². The van der Waals surface area contributed by atoms with Crippen molar-refractivity contribution >= 4 is 17.6 Å². The van der Waals surface area contributed by atoms with E-state index in [0.29, 0.717) is 31.2 Å². The summed E-state index contributed by atoms with van der Waals surface area (Å²) in [5.74, 6) is 1.14. The lowest BCUT2D eigenvalue weighted by Crippen LogP contribution is -2.37. The first-order valence-electron chi connectivity index (χ1n) is 12.9. The lowest BCUT2D eigenvalue weighted by molar-refractivity contribution is -0.138. The highest BCUT2D eigenvalue weighted by molar-refractivity contribution is 5.76. The van der Waals surface area contributed by atoms with Crippen LogP contribution in [0.5, 0.6) is 0 Å². The highest BCUT2D eigenvalue weighted by Gasteiger charge is 2.20. The van der Waals surface area contributed by atoms with Crippen LogP contribution in [0.15, 0.2) is 43.0 Å². The average Bonchev–Trinajstić information content (AvgIpc) is 3.46. The van der Waals surface area contributed by atoms with Crippen molar-refractivity contribution in [2.75, 3.05) is 50.5 Å². The number of unbranched alkanes of at least 4 members (excludes halogenated alkanes) is 1. The number of ether oxygens (including phenoxy) is 1. The van der Waals surface area contributed by atoms with Gasteiger partial charge in [-0.25, -0.2) is 24.4 Å². The van der Waals surface area contributed by atoms with Crippen LogP contribution < -0.4 is 10.6 Å². The standard InChI is InChI=1S/C26H36N8O3/c1-37-17-16-33(13-3-2-7-21-9-8-20-6-4-11-27-25(20)31-21)15-10-22(26(35)36)32-23-18-24(29-19-28-23)34-14-5-12-30-34/h5,8-9,12,14,18-19,22H,2-4,6-7,10-11,13,15-17H2,1H3,(H,27,31)(H,35,36)(H,28,29,32)/t22-/m0/s1. The summed E-state index contributed by atoms with van der Waals surface area (Å²) in [6.07, 6.45) is 10.5. The Hall–Kier alpha value is -3.57. The van der Waals surface area contributed by atoms with E-state index in [0.717, 1.165) is 63.3 Å². The number of aryl methyl sites for hydroxylation is 2. The molecule has 0 bridgehead atoms. The molecule has 3 aromatic heterocycles. The number of nitrogens with one attached hydrogen (secondary N) is 2. The number of carboxylic acids is 1. The molecule has 37 heavy (non-hydrogen) atoms. The van der Waals surface area contributed by atoms with Crippen molar-refractivity contribution in [2.45, 2.75) is 44.6 Å². The molecule has 3 aromatic rings. The molecule has 0 unspecified atom stereocenters. The highest BCUT2D eigenvalue weighted by Crippen LogP contribution is 2.20. The summed E-state index contributed by atoms with van der Waals surface area (Å²) >= 11 is 0. The zero-order chi connectivity index (χ0) is 25.9. The van der Waals surface area contributed by atoms with Gasteiger partial charge in [0, 0.05) is 50.9 Å². The minimum absolute atomic E-state index is 0.429. The van der Waals surface area contributed by atoms with Crippen molar-refractivity contribution < 1.29 is 14.6 Å². The summed E-state index contributed by atoms with van der Waals surface area (Å²) in [7, 11) is 1.68. The first-order chi connectivity index (χ1) is 18.1. The van der Waals surface area contributed by atoms with E-state index in [1.54, 1.807) is 36.3 Å². The van der Waals surface area contributed by atoms with Gasteiger partial charge in [-0.2, -0.15) is 5.10 Å². The molecule has 0 fully saturated rings. The van der Waals surface area contributed by atoms with Crippen molar-refractivity contribution in [1.82, 2.24) is 29.6 Å². The van der Waals surface area contributed by atoms with Crippen LogP contribution in [0.4, 0.5) is 11.6 Å². The Kier molecular flexibility index (Phi) is 9.78. The van der Waals surface area contributed by atoms with Crippen LogP contribution in [0.1, 0.15) is 36.9 Å². The number of rotatable bonds is 15. The number of hydrogen-bond donors (Lipinski definition) is 3. The third-order valence-electron chi connectivity index (χ3n) is 6.47. The van der Waals surface area contributed by atoms with Crippen molar-refractivity contribution in [3.8, 4) is 5.82 Å². The summed E-state index contributed by atoms with van der Waals surface area (Å²) in [5.41, 5.74) is 2.42. The number of hydrogen-bond acceptors (Lipinski definition) is 9. The van der Waals surface area contributed by atoms with Gasteiger partial charge in [-0.1, -0.05) is 6.07 Å². The second-order valence-corrected chi connectivity index (χ2v) is 9.17. The monoisotopic (exact) mass is 508 g/mol. The van der Waals surface area contributed by atoms with Gasteiger partial charge in [-0.15, -0.1) is 0 Å². The SMILES string of the molecule is COCCN(CCCCc1ccc2c(n1)NCCC2)CC[C@H](Nc1cc(-n2cccn2)ncn1)C(=O)O. The Bertz CT molecular complexity index is 1120. The van der Waals surface area contributed by atoms with Crippen LogP contribution in [0.25, 0.3) is 5.82 Å². The predicted molar refractivity (Wildman–Crippen MR) is 141 cm³/mol. The van der Waals surface area contributed by atoms with E-state index in [2.05, 4.69) is 42.7 Å². The lowest BCUT2D eigenvalue weighted by atomic mass is 10.1. The number of methoxy groups -OCH3 is 1. The number of carbonyl (C=O) groups is 1. The molecule has 0 aliphatic carbocycles. The van der Waals surface area contributed by atoms with Crippen LogP contribution in [0, 0.1) is 0 Å². The van der Waals surface area contributed by atoms with Gasteiger partial charge >= 0.3 is 5.97 Å². The second-order valence-electron chi connectivity index (χ2n) is 9.17. The van der Waals surface area contributed by atoms with Gasteiger partial charge in [0.15, 0.2) is 5.82 Å². The topological polar surface area (TPSA) is 130 Å². The zero-order valence-corrected chi connectivity index (χ0v) is 21.3. The van der Waals surface area contributed by atoms with Gasteiger partial charge in [-0.05, 0) is 62.8 Å². The van der Waals surface area contributed by atoms with Crippen LogP contribution in [0.3, 0.4) is 0 Å². The average molecular weight is 509 g/mol. The van der Waals surface area contributed by atoms with E-state index in [-0.39, 0.29) is 0 Å². The van der Waals surface area contributed by atoms with E-state index in [1.165, 1.54) is 11.9 Å². The molecule has 0 amide bonds. The van der Waals surface area contributed by atoms with E-state index in [9.17, 15) is 9.90 Å². The van der Waals surface area contributed by atoms with Gasteiger partial charge < -0.3 is 25.4 Å². The van der Waals surface area contributed by atoms with E-state index < -0.39 is 12.0 Å². The molecule has 4 heterocycles. The molecule has 11 heteroatoms. The van der Waals surface area contributed by atoms with Gasteiger partial charge in [0.1, 0.15) is 24.0 Å². The van der Waals surface area contributed by atoms with Crippen LogP contribution in [-0.2, 0) is 22.4 Å². The highest BCUT2D eigenvalue weighted by atomic mass is 16.5. The quantitative estimate of drug-likeness (QED) is 0.263. The molecule has 0 radical (unpaired) electrons. The summed E-state index contributed by atoms with van der Waals surface area (Å²) < 4.78 is 6.89. The molecule has 1 aliphatic heterocycles. The number of fused-ring (bicyclic) bond motifs is 1. The summed E-state index contributed by atoms with van der Waals surface area (Å²) in [4.78, 5) is 27.4. The van der Waals surface area contributed by atoms with Crippen LogP contribution in [0.2, 0.25) is 0 Å². The van der Waals surface area contributed by atoms with Crippen molar-refractivity contribution in [1.29, 1.82) is 0 Å². The zero-order valence-electron chi connectivity index (χ0n) is 21.3. The molecule has 3 N–H and O–H groups in total. The molecular formula is C26H36N8O3. The van der Waals surface area contributed by atoms with E-state index >= 15 is 0 Å². The second kappa shape index (κ2) is 13.7. The molecule has 1 atom stereocenters.